The van der Waals surface area contributed by atoms with Gasteiger partial charge in [-0.1, -0.05) is 17.7 Å². The quantitative estimate of drug-likeness (QED) is 0.739. The Labute approximate surface area is 148 Å². The van der Waals surface area contributed by atoms with E-state index >= 15 is 0 Å². The van der Waals surface area contributed by atoms with Crippen LogP contribution in [-0.4, -0.2) is 49.1 Å². The highest BCUT2D eigenvalue weighted by atomic mass is 16.5. The van der Waals surface area contributed by atoms with Crippen molar-refractivity contribution in [2.24, 2.45) is 28.8 Å². The van der Waals surface area contributed by atoms with Gasteiger partial charge in [-0.05, 0) is 37.7 Å². The van der Waals surface area contributed by atoms with E-state index in [-0.39, 0.29) is 29.4 Å². The van der Waals surface area contributed by atoms with Crippen LogP contribution in [0, 0.1) is 23.7 Å². The van der Waals surface area contributed by atoms with Crippen molar-refractivity contribution in [3.8, 4) is 0 Å². The average Bonchev–Trinajstić information content (AvgIpc) is 3.10. The van der Waals surface area contributed by atoms with Gasteiger partial charge in [0.15, 0.2) is 5.78 Å². The molecule has 2 aliphatic heterocycles. The summed E-state index contributed by atoms with van der Waals surface area (Å²) in [5, 5.41) is 6.30. The molecule has 0 spiro atoms. The molecular formula is C20H26N2O3. The largest absolute Gasteiger partial charge is 0.381 e. The van der Waals surface area contributed by atoms with Gasteiger partial charge in [-0.3, -0.25) is 14.6 Å². The number of hydrazone groups is 1. The molecule has 4 atom stereocenters. The first-order valence-corrected chi connectivity index (χ1v) is 9.36. The van der Waals surface area contributed by atoms with E-state index in [1.54, 1.807) is 0 Å². The van der Waals surface area contributed by atoms with Crippen LogP contribution in [0.5, 0.6) is 0 Å². The third-order valence-electron chi connectivity index (χ3n) is 6.29. The molecule has 25 heavy (non-hydrogen) atoms. The van der Waals surface area contributed by atoms with Crippen molar-refractivity contribution in [1.29, 1.82) is 0 Å². The lowest BCUT2D eigenvalue weighted by Gasteiger charge is -2.30. The van der Waals surface area contributed by atoms with Crippen molar-refractivity contribution in [1.82, 2.24) is 5.01 Å². The monoisotopic (exact) mass is 342 g/mol. The number of ketones is 2. The summed E-state index contributed by atoms with van der Waals surface area (Å²) in [5.74, 6) is 0.148. The fraction of sp³-hybridized carbons (Fsp3) is 0.650. The summed E-state index contributed by atoms with van der Waals surface area (Å²) < 4.78 is 5.41. The van der Waals surface area contributed by atoms with Crippen LogP contribution in [-0.2, 0) is 14.3 Å². The van der Waals surface area contributed by atoms with Crippen LogP contribution in [0.4, 0.5) is 0 Å². The van der Waals surface area contributed by atoms with E-state index in [1.807, 2.05) is 31.3 Å². The molecule has 0 bridgehead atoms. The van der Waals surface area contributed by atoms with Crippen LogP contribution in [0.25, 0.3) is 0 Å². The molecule has 5 heteroatoms. The van der Waals surface area contributed by atoms with E-state index in [4.69, 9.17) is 4.74 Å². The molecule has 1 saturated carbocycles. The Hall–Kier alpha value is -1.75. The van der Waals surface area contributed by atoms with Crippen molar-refractivity contribution in [3.05, 3.63) is 23.3 Å². The average molecular weight is 342 g/mol. The lowest BCUT2D eigenvalue weighted by molar-refractivity contribution is -0.127. The maximum absolute atomic E-state index is 13.1. The van der Waals surface area contributed by atoms with Crippen LogP contribution >= 0.6 is 0 Å². The number of ether oxygens (including phenoxy) is 1. The minimum atomic E-state index is -0.555. The second-order valence-corrected chi connectivity index (χ2v) is 7.85. The minimum Gasteiger partial charge on any atom is -0.381 e. The van der Waals surface area contributed by atoms with Gasteiger partial charge in [-0.15, -0.1) is 0 Å². The summed E-state index contributed by atoms with van der Waals surface area (Å²) in [6, 6.07) is 0.133. The lowest BCUT2D eigenvalue weighted by Crippen LogP contribution is -2.36. The molecule has 4 aliphatic rings. The van der Waals surface area contributed by atoms with Crippen molar-refractivity contribution < 1.29 is 14.3 Å². The molecule has 3 unspecified atom stereocenters. The first-order valence-electron chi connectivity index (χ1n) is 9.36. The number of Topliss-reactive ketones (excluding diaryl/α,β-unsaturated/α-hetero) is 2. The maximum Gasteiger partial charge on any atom is 0.150 e. The van der Waals surface area contributed by atoms with Gasteiger partial charge in [0.2, 0.25) is 0 Å². The predicted octanol–water partition coefficient (Wildman–Crippen LogP) is 2.38. The number of fused-ring (bicyclic) bond motifs is 1. The first-order chi connectivity index (χ1) is 12.1. The Balaban J connectivity index is 1.55. The molecule has 0 N–H and O–H groups in total. The Kier molecular flexibility index (Phi) is 4.36. The third kappa shape index (κ3) is 2.88. The number of hydrogen-bond donors (Lipinski definition) is 0. The molecular weight excluding hydrogens is 316 g/mol. The number of likely N-dealkylation sites (N-methyl/N-ethyl adjacent to an activating group) is 1. The molecule has 0 radical (unpaired) electrons. The first kappa shape index (κ1) is 16.7. The zero-order valence-electron chi connectivity index (χ0n) is 15.0. The number of allylic oxidation sites excluding steroid dienone is 2. The molecule has 2 aliphatic carbocycles. The topological polar surface area (TPSA) is 59.0 Å². The van der Waals surface area contributed by atoms with Gasteiger partial charge in [0.1, 0.15) is 5.78 Å². The zero-order valence-corrected chi connectivity index (χ0v) is 15.0. The van der Waals surface area contributed by atoms with E-state index in [2.05, 4.69) is 11.2 Å². The Morgan fingerprint density at radius 3 is 2.80 bits per heavy atom. The second kappa shape index (κ2) is 6.52. The Morgan fingerprint density at radius 2 is 2.04 bits per heavy atom. The fourth-order valence-electron chi connectivity index (χ4n) is 4.87. The van der Waals surface area contributed by atoms with Gasteiger partial charge in [0.05, 0.1) is 12.0 Å². The van der Waals surface area contributed by atoms with Crippen molar-refractivity contribution in [2.45, 2.75) is 38.6 Å². The molecule has 5 nitrogen and oxygen atoms in total. The Morgan fingerprint density at radius 1 is 1.28 bits per heavy atom. The molecule has 2 fully saturated rings. The standard InChI is InChI=1S/C20H26N2O3/c1-12-3-4-16-15(11-21-22(16)2)18(12)19-17(23)10-14(20(19)24)9-13-5-7-25-8-6-13/h3-4,11,13-16,19H,5-10H2,1-2H3/t14?,15-,16?,19?/m0/s1. The van der Waals surface area contributed by atoms with E-state index in [0.717, 1.165) is 43.6 Å². The summed E-state index contributed by atoms with van der Waals surface area (Å²) in [5.41, 5.74) is 2.05. The highest BCUT2D eigenvalue weighted by molar-refractivity contribution is 6.13. The second-order valence-electron chi connectivity index (χ2n) is 7.85. The summed E-state index contributed by atoms with van der Waals surface area (Å²) in [4.78, 5) is 25.9. The summed E-state index contributed by atoms with van der Waals surface area (Å²) in [6.45, 7) is 3.58. The molecule has 2 heterocycles. The minimum absolute atomic E-state index is 0.0507. The smallest absolute Gasteiger partial charge is 0.150 e. The van der Waals surface area contributed by atoms with Crippen molar-refractivity contribution in [2.75, 3.05) is 20.3 Å². The molecule has 4 rings (SSSR count). The van der Waals surface area contributed by atoms with Crippen LogP contribution < -0.4 is 0 Å². The normalized spacial score (nSPS) is 35.8. The van der Waals surface area contributed by atoms with Crippen molar-refractivity contribution >= 4 is 17.8 Å². The number of rotatable bonds is 3. The van der Waals surface area contributed by atoms with E-state index in [1.165, 1.54) is 0 Å². The van der Waals surface area contributed by atoms with Crippen LogP contribution in [0.3, 0.4) is 0 Å². The van der Waals surface area contributed by atoms with Crippen LogP contribution in [0.15, 0.2) is 28.4 Å². The summed E-state index contributed by atoms with van der Waals surface area (Å²) >= 11 is 0. The van der Waals surface area contributed by atoms with Gasteiger partial charge in [0, 0.05) is 44.7 Å². The van der Waals surface area contributed by atoms with Crippen molar-refractivity contribution in [3.63, 3.8) is 0 Å². The van der Waals surface area contributed by atoms with Gasteiger partial charge in [-0.25, -0.2) is 0 Å². The molecule has 0 aromatic rings. The third-order valence-corrected chi connectivity index (χ3v) is 6.29. The van der Waals surface area contributed by atoms with Crippen LogP contribution in [0.1, 0.15) is 32.6 Å². The molecule has 0 amide bonds. The summed E-state index contributed by atoms with van der Waals surface area (Å²) in [6.07, 6.45) is 9.35. The fourth-order valence-corrected chi connectivity index (χ4v) is 4.87. The van der Waals surface area contributed by atoms with Gasteiger partial charge in [0.25, 0.3) is 0 Å². The lowest BCUT2D eigenvalue weighted by atomic mass is 9.76. The summed E-state index contributed by atoms with van der Waals surface area (Å²) in [7, 11) is 1.94. The molecule has 1 saturated heterocycles. The zero-order chi connectivity index (χ0) is 17.6. The predicted molar refractivity (Wildman–Crippen MR) is 95.1 cm³/mol. The van der Waals surface area contributed by atoms with E-state index in [0.29, 0.717) is 12.3 Å². The molecule has 0 aromatic carbocycles. The van der Waals surface area contributed by atoms with Gasteiger partial charge in [-0.2, -0.15) is 5.10 Å². The number of carbonyl (C=O) groups excluding carboxylic acids is 2. The van der Waals surface area contributed by atoms with E-state index in [9.17, 15) is 9.59 Å². The molecule has 134 valence electrons. The number of carbonyl (C=O) groups is 2. The van der Waals surface area contributed by atoms with Gasteiger partial charge >= 0.3 is 0 Å². The SMILES string of the molecule is CC1=C(C2C(=O)CC(CC3CCOCC3)C2=O)[C@H]2C=NN(C)C2C=C1. The van der Waals surface area contributed by atoms with Gasteiger partial charge < -0.3 is 4.74 Å². The Bertz CT molecular complexity index is 672. The van der Waals surface area contributed by atoms with E-state index < -0.39 is 5.92 Å². The van der Waals surface area contributed by atoms with Crippen LogP contribution in [0.2, 0.25) is 0 Å². The highest BCUT2D eigenvalue weighted by Gasteiger charge is 2.48. The maximum atomic E-state index is 13.1. The highest BCUT2D eigenvalue weighted by Crippen LogP contribution is 2.42. The molecule has 0 aromatic heterocycles. The number of hydrogen-bond acceptors (Lipinski definition) is 5. The number of nitrogens with zero attached hydrogens (tertiary/aromatic N) is 2.